The van der Waals surface area contributed by atoms with E-state index >= 15 is 0 Å². The number of nitrogens with one attached hydrogen (secondary N) is 1. The minimum absolute atomic E-state index is 0.0106. The molecule has 1 aliphatic carbocycles. The molecule has 0 saturated heterocycles. The molecule has 0 spiro atoms. The number of benzene rings is 1. The van der Waals surface area contributed by atoms with Gasteiger partial charge in [0.15, 0.2) is 5.16 Å². The van der Waals surface area contributed by atoms with Gasteiger partial charge in [-0.1, -0.05) is 30.0 Å². The Morgan fingerprint density at radius 2 is 2.14 bits per heavy atom. The molecule has 1 aromatic carbocycles. The van der Waals surface area contributed by atoms with Gasteiger partial charge in [-0.15, -0.1) is 11.3 Å². The van der Waals surface area contributed by atoms with E-state index in [0.29, 0.717) is 18.3 Å². The Morgan fingerprint density at radius 3 is 2.93 bits per heavy atom. The van der Waals surface area contributed by atoms with Gasteiger partial charge in [0.1, 0.15) is 4.83 Å². The Hall–Kier alpha value is -2.16. The number of fused-ring (bicyclic) bond motifs is 3. The summed E-state index contributed by atoms with van der Waals surface area (Å²) in [6, 6.07) is 9.35. The number of hydrogen-bond donors (Lipinski definition) is 1. The topological polar surface area (TPSA) is 73.2 Å². The van der Waals surface area contributed by atoms with Crippen molar-refractivity contribution in [3.63, 3.8) is 0 Å². The first-order chi connectivity index (χ1) is 14.2. The maximum Gasteiger partial charge on any atom is 0.263 e. The van der Waals surface area contributed by atoms with Crippen LogP contribution in [0.15, 0.2) is 40.3 Å². The van der Waals surface area contributed by atoms with Gasteiger partial charge in [-0.2, -0.15) is 0 Å². The fourth-order valence-electron chi connectivity index (χ4n) is 3.58. The molecule has 3 aromatic rings. The van der Waals surface area contributed by atoms with Crippen LogP contribution in [0.5, 0.6) is 0 Å². The summed E-state index contributed by atoms with van der Waals surface area (Å²) in [6.45, 7) is 1.10. The second kappa shape index (κ2) is 9.11. The van der Waals surface area contributed by atoms with Crippen molar-refractivity contribution in [2.75, 3.05) is 24.8 Å². The van der Waals surface area contributed by atoms with Crippen molar-refractivity contribution in [3.8, 4) is 0 Å². The third-order valence-electron chi connectivity index (χ3n) is 4.91. The summed E-state index contributed by atoms with van der Waals surface area (Å²) in [7, 11) is 1.65. The van der Waals surface area contributed by atoms with Crippen LogP contribution in [0, 0.1) is 0 Å². The van der Waals surface area contributed by atoms with Crippen molar-refractivity contribution < 1.29 is 9.53 Å². The predicted octanol–water partition coefficient (Wildman–Crippen LogP) is 3.71. The van der Waals surface area contributed by atoms with Crippen molar-refractivity contribution in [1.82, 2.24) is 9.55 Å². The van der Waals surface area contributed by atoms with E-state index in [0.717, 1.165) is 41.6 Å². The number of rotatable bonds is 8. The van der Waals surface area contributed by atoms with Crippen LogP contribution in [-0.2, 0) is 28.9 Å². The van der Waals surface area contributed by atoms with E-state index in [2.05, 4.69) is 5.32 Å². The van der Waals surface area contributed by atoms with Crippen LogP contribution in [0.2, 0.25) is 0 Å². The Balaban J connectivity index is 1.59. The summed E-state index contributed by atoms with van der Waals surface area (Å²) in [4.78, 5) is 32.5. The lowest BCUT2D eigenvalue weighted by Gasteiger charge is -2.12. The summed E-state index contributed by atoms with van der Waals surface area (Å²) < 4.78 is 6.87. The Morgan fingerprint density at radius 1 is 1.31 bits per heavy atom. The molecule has 29 heavy (non-hydrogen) atoms. The first-order valence-corrected chi connectivity index (χ1v) is 11.5. The molecule has 1 aliphatic rings. The highest BCUT2D eigenvalue weighted by Crippen LogP contribution is 2.35. The number of para-hydroxylation sites is 1. The fourth-order valence-corrected chi connectivity index (χ4v) is 5.71. The molecule has 0 atom stereocenters. The number of nitrogens with zero attached hydrogens (tertiary/aromatic N) is 2. The number of anilines is 1. The number of methoxy groups -OCH3 is 1. The highest BCUT2D eigenvalue weighted by molar-refractivity contribution is 7.99. The van der Waals surface area contributed by atoms with E-state index in [9.17, 15) is 9.59 Å². The number of thiophene rings is 1. The van der Waals surface area contributed by atoms with Crippen LogP contribution in [0.25, 0.3) is 10.2 Å². The van der Waals surface area contributed by atoms with Gasteiger partial charge in [0, 0.05) is 30.8 Å². The lowest BCUT2D eigenvalue weighted by Crippen LogP contribution is -2.25. The van der Waals surface area contributed by atoms with E-state index in [1.54, 1.807) is 23.0 Å². The lowest BCUT2D eigenvalue weighted by atomic mass is 10.2. The van der Waals surface area contributed by atoms with Gasteiger partial charge in [0.2, 0.25) is 5.91 Å². The molecule has 1 N–H and O–H groups in total. The molecule has 0 radical (unpaired) electrons. The average Bonchev–Trinajstić information content (AvgIpc) is 3.30. The molecule has 4 rings (SSSR count). The smallest absolute Gasteiger partial charge is 0.263 e. The zero-order chi connectivity index (χ0) is 20.2. The summed E-state index contributed by atoms with van der Waals surface area (Å²) in [6.07, 6.45) is 3.81. The molecule has 0 aliphatic heterocycles. The quantitative estimate of drug-likeness (QED) is 0.336. The molecule has 8 heteroatoms. The van der Waals surface area contributed by atoms with Gasteiger partial charge in [-0.3, -0.25) is 14.2 Å². The second-order valence-electron chi connectivity index (χ2n) is 6.94. The van der Waals surface area contributed by atoms with Gasteiger partial charge in [-0.25, -0.2) is 4.98 Å². The number of carbonyl (C=O) groups is 1. The number of aromatic nitrogens is 2. The van der Waals surface area contributed by atoms with Crippen molar-refractivity contribution in [2.24, 2.45) is 0 Å². The first kappa shape index (κ1) is 20.1. The monoisotopic (exact) mass is 429 g/mol. The highest BCUT2D eigenvalue weighted by Gasteiger charge is 2.23. The van der Waals surface area contributed by atoms with Gasteiger partial charge in [0.25, 0.3) is 5.56 Å². The normalized spacial score (nSPS) is 13.0. The molecule has 2 heterocycles. The van der Waals surface area contributed by atoms with Gasteiger partial charge >= 0.3 is 0 Å². The maximum absolute atomic E-state index is 13.3. The number of amides is 1. The molecule has 152 valence electrons. The summed E-state index contributed by atoms with van der Waals surface area (Å²) in [5.41, 5.74) is 1.95. The standard InChI is InChI=1S/C21H23N3O3S2/c1-27-12-6-11-24-20(26)18-15-9-5-10-16(15)29-19(18)23-21(24)28-13-17(25)22-14-7-3-2-4-8-14/h2-4,7-8H,5-6,9-13H2,1H3,(H,22,25). The molecule has 0 unspecified atom stereocenters. The van der Waals surface area contributed by atoms with Crippen LogP contribution in [0.1, 0.15) is 23.3 Å². The molecule has 6 nitrogen and oxygen atoms in total. The summed E-state index contributed by atoms with van der Waals surface area (Å²) >= 11 is 2.93. The van der Waals surface area contributed by atoms with Crippen molar-refractivity contribution >= 4 is 44.9 Å². The van der Waals surface area contributed by atoms with Crippen LogP contribution >= 0.6 is 23.1 Å². The zero-order valence-electron chi connectivity index (χ0n) is 16.3. The van der Waals surface area contributed by atoms with Gasteiger partial charge < -0.3 is 10.1 Å². The molecule has 2 aromatic heterocycles. The number of thioether (sulfide) groups is 1. The number of carbonyl (C=O) groups excluding carboxylic acids is 1. The largest absolute Gasteiger partial charge is 0.385 e. The Kier molecular flexibility index (Phi) is 6.32. The SMILES string of the molecule is COCCCn1c(SCC(=O)Nc2ccccc2)nc2sc3c(c2c1=O)CCC3. The van der Waals surface area contributed by atoms with E-state index in [1.807, 2.05) is 30.3 Å². The van der Waals surface area contributed by atoms with Crippen molar-refractivity contribution in [2.45, 2.75) is 37.4 Å². The number of ether oxygens (including phenoxy) is 1. The Bertz CT molecular complexity index is 1080. The minimum atomic E-state index is -0.118. The average molecular weight is 430 g/mol. The minimum Gasteiger partial charge on any atom is -0.385 e. The third kappa shape index (κ3) is 4.39. The number of hydrogen-bond acceptors (Lipinski definition) is 6. The molecular weight excluding hydrogens is 406 g/mol. The maximum atomic E-state index is 13.3. The first-order valence-electron chi connectivity index (χ1n) is 9.69. The fraction of sp³-hybridized carbons (Fsp3) is 0.381. The summed E-state index contributed by atoms with van der Waals surface area (Å²) in [5, 5.41) is 4.25. The van der Waals surface area contributed by atoms with E-state index in [-0.39, 0.29) is 17.2 Å². The van der Waals surface area contributed by atoms with Crippen molar-refractivity contribution in [1.29, 1.82) is 0 Å². The molecule has 0 fully saturated rings. The van der Waals surface area contributed by atoms with E-state index < -0.39 is 0 Å². The van der Waals surface area contributed by atoms with E-state index in [1.165, 1.54) is 22.2 Å². The van der Waals surface area contributed by atoms with E-state index in [4.69, 9.17) is 9.72 Å². The molecular formula is C21H23N3O3S2. The van der Waals surface area contributed by atoms with Gasteiger partial charge in [-0.05, 0) is 43.4 Å². The van der Waals surface area contributed by atoms with Gasteiger partial charge in [0.05, 0.1) is 11.1 Å². The van der Waals surface area contributed by atoms with Crippen LogP contribution < -0.4 is 10.9 Å². The molecule has 1 amide bonds. The van der Waals surface area contributed by atoms with Crippen LogP contribution in [-0.4, -0.2) is 34.9 Å². The van der Waals surface area contributed by atoms with Crippen LogP contribution in [0.4, 0.5) is 5.69 Å². The Labute approximate surface area is 177 Å². The van der Waals surface area contributed by atoms with Crippen molar-refractivity contribution in [3.05, 3.63) is 51.1 Å². The molecule has 0 bridgehead atoms. The lowest BCUT2D eigenvalue weighted by molar-refractivity contribution is -0.113. The predicted molar refractivity (Wildman–Crippen MR) is 118 cm³/mol. The zero-order valence-corrected chi connectivity index (χ0v) is 17.9. The molecule has 0 saturated carbocycles. The summed E-state index contributed by atoms with van der Waals surface area (Å²) in [5.74, 6) is 0.0787. The van der Waals surface area contributed by atoms with Crippen LogP contribution in [0.3, 0.4) is 0 Å². The number of aryl methyl sites for hydroxylation is 2. The highest BCUT2D eigenvalue weighted by atomic mass is 32.2. The third-order valence-corrected chi connectivity index (χ3v) is 7.07. The second-order valence-corrected chi connectivity index (χ2v) is 8.96.